The summed E-state index contributed by atoms with van der Waals surface area (Å²) >= 11 is 0. The molecule has 2 aromatic heterocycles. The molecule has 0 amide bonds. The molecular weight excluding hydrogens is 464 g/mol. The van der Waals surface area contributed by atoms with E-state index in [1.54, 1.807) is 19.5 Å². The summed E-state index contributed by atoms with van der Waals surface area (Å²) in [4.78, 5) is 12.4. The third-order valence-electron chi connectivity index (χ3n) is 7.07. The predicted molar refractivity (Wildman–Crippen MR) is 147 cm³/mol. The van der Waals surface area contributed by atoms with Gasteiger partial charge in [-0.05, 0) is 55.4 Å². The number of aryl methyl sites for hydroxylation is 1. The van der Waals surface area contributed by atoms with Gasteiger partial charge in [0.05, 0.1) is 18.4 Å². The zero-order chi connectivity index (χ0) is 25.8. The number of likely N-dealkylation sites (N-methyl/N-ethyl adjacent to an activating group) is 1. The average Bonchev–Trinajstić information content (AvgIpc) is 3.41. The van der Waals surface area contributed by atoms with Crippen molar-refractivity contribution in [1.29, 1.82) is 5.26 Å². The first-order valence-electron chi connectivity index (χ1n) is 12.5. The number of hydrogen-bond donors (Lipinski definition) is 2. The minimum atomic E-state index is 0.472. The molecule has 0 unspecified atom stereocenters. The number of aromatic nitrogens is 2. The first-order chi connectivity index (χ1) is 18.1. The average molecular weight is 497 g/mol. The molecule has 8 heteroatoms. The molecule has 3 heterocycles. The van der Waals surface area contributed by atoms with Crippen molar-refractivity contribution >= 4 is 22.3 Å². The maximum Gasteiger partial charge on any atom is 0.161 e. The first-order valence-corrected chi connectivity index (χ1v) is 12.5. The number of H-pyrrole nitrogens is 1. The molecular formula is C29H32N6O2. The fourth-order valence-electron chi connectivity index (χ4n) is 4.77. The molecule has 2 N–H and O–H groups in total. The van der Waals surface area contributed by atoms with Gasteiger partial charge in [-0.2, -0.15) is 5.26 Å². The summed E-state index contributed by atoms with van der Waals surface area (Å²) in [6.45, 7) is 7.76. The van der Waals surface area contributed by atoms with E-state index in [4.69, 9.17) is 9.47 Å². The van der Waals surface area contributed by atoms with E-state index in [1.165, 1.54) is 0 Å². The highest BCUT2D eigenvalue weighted by atomic mass is 16.5. The molecule has 0 radical (unpaired) electrons. The first kappa shape index (κ1) is 24.6. The highest BCUT2D eigenvalue weighted by molar-refractivity contribution is 5.91. The number of aromatic amines is 1. The Balaban J connectivity index is 1.43. The zero-order valence-electron chi connectivity index (χ0n) is 21.5. The van der Waals surface area contributed by atoms with Crippen LogP contribution in [-0.4, -0.2) is 73.3 Å². The zero-order valence-corrected chi connectivity index (χ0v) is 21.5. The van der Waals surface area contributed by atoms with Crippen molar-refractivity contribution in [3.63, 3.8) is 0 Å². The van der Waals surface area contributed by atoms with Crippen LogP contribution in [0.1, 0.15) is 11.1 Å². The third kappa shape index (κ3) is 5.24. The largest absolute Gasteiger partial charge is 0.493 e. The lowest BCUT2D eigenvalue weighted by atomic mass is 10.0. The van der Waals surface area contributed by atoms with E-state index in [-0.39, 0.29) is 0 Å². The summed E-state index contributed by atoms with van der Waals surface area (Å²) < 4.78 is 11.8. The third-order valence-corrected chi connectivity index (χ3v) is 7.07. The van der Waals surface area contributed by atoms with Gasteiger partial charge in [0.1, 0.15) is 12.7 Å². The van der Waals surface area contributed by atoms with Crippen molar-refractivity contribution in [2.24, 2.45) is 0 Å². The standard InChI is InChI=1S/C29H32N6O2/c1-20-23-8-9-32-26(23)6-5-25(20)33-29-22(17-30)18-31-19-24(29)21-4-7-27(36-3)28(16-21)37-15-14-35-12-10-34(2)11-13-35/h4-9,16,18-19,32H,10-15H2,1-3H3,(H,31,33). The Morgan fingerprint density at radius 2 is 1.92 bits per heavy atom. The van der Waals surface area contributed by atoms with Gasteiger partial charge in [0.2, 0.25) is 0 Å². The van der Waals surface area contributed by atoms with Crippen LogP contribution in [0.4, 0.5) is 11.4 Å². The lowest BCUT2D eigenvalue weighted by Gasteiger charge is -2.32. The monoisotopic (exact) mass is 496 g/mol. The van der Waals surface area contributed by atoms with Crippen molar-refractivity contribution in [2.45, 2.75) is 6.92 Å². The van der Waals surface area contributed by atoms with Gasteiger partial charge in [0, 0.05) is 73.5 Å². The number of nitrogens with zero attached hydrogens (tertiary/aromatic N) is 4. The number of piperazine rings is 1. The molecule has 0 bridgehead atoms. The molecule has 0 atom stereocenters. The maximum atomic E-state index is 9.88. The predicted octanol–water partition coefficient (Wildman–Crippen LogP) is 4.79. The molecule has 0 spiro atoms. The molecule has 1 aliphatic rings. The number of fused-ring (bicyclic) bond motifs is 1. The van der Waals surface area contributed by atoms with Gasteiger partial charge in [0.15, 0.2) is 11.5 Å². The van der Waals surface area contributed by atoms with E-state index in [0.717, 1.165) is 66.0 Å². The van der Waals surface area contributed by atoms with E-state index in [9.17, 15) is 5.26 Å². The van der Waals surface area contributed by atoms with E-state index < -0.39 is 0 Å². The summed E-state index contributed by atoms with van der Waals surface area (Å²) in [5, 5.41) is 14.5. The van der Waals surface area contributed by atoms with Crippen LogP contribution in [0.3, 0.4) is 0 Å². The molecule has 0 saturated carbocycles. The lowest BCUT2D eigenvalue weighted by Crippen LogP contribution is -2.45. The SMILES string of the molecule is COc1ccc(-c2cncc(C#N)c2Nc2ccc3[nH]ccc3c2C)cc1OCCN1CCN(C)CC1. The van der Waals surface area contributed by atoms with E-state index in [1.807, 2.05) is 36.5 Å². The Morgan fingerprint density at radius 1 is 1.08 bits per heavy atom. The Bertz CT molecular complexity index is 1430. The number of ether oxygens (including phenoxy) is 2. The van der Waals surface area contributed by atoms with Crippen LogP contribution in [-0.2, 0) is 0 Å². The summed E-state index contributed by atoms with van der Waals surface area (Å²) in [5.74, 6) is 1.35. The molecule has 2 aromatic carbocycles. The summed E-state index contributed by atoms with van der Waals surface area (Å²) in [5.41, 5.74) is 6.01. The summed E-state index contributed by atoms with van der Waals surface area (Å²) in [6, 6.07) is 14.3. The minimum absolute atomic E-state index is 0.472. The van der Waals surface area contributed by atoms with Crippen molar-refractivity contribution in [1.82, 2.24) is 19.8 Å². The number of nitriles is 1. The molecule has 37 heavy (non-hydrogen) atoms. The molecule has 4 aromatic rings. The van der Waals surface area contributed by atoms with E-state index in [2.05, 4.69) is 51.2 Å². The number of benzene rings is 2. The van der Waals surface area contributed by atoms with Crippen molar-refractivity contribution in [3.05, 3.63) is 66.1 Å². The fraction of sp³-hybridized carbons (Fsp3) is 0.310. The molecule has 1 fully saturated rings. The van der Waals surface area contributed by atoms with Gasteiger partial charge in [-0.1, -0.05) is 6.07 Å². The van der Waals surface area contributed by atoms with Gasteiger partial charge < -0.3 is 24.7 Å². The number of pyridine rings is 1. The maximum absolute atomic E-state index is 9.88. The van der Waals surface area contributed by atoms with Gasteiger partial charge in [-0.3, -0.25) is 9.88 Å². The number of methoxy groups -OCH3 is 1. The van der Waals surface area contributed by atoms with Gasteiger partial charge in [-0.15, -0.1) is 0 Å². The van der Waals surface area contributed by atoms with Gasteiger partial charge >= 0.3 is 0 Å². The summed E-state index contributed by atoms with van der Waals surface area (Å²) in [6.07, 6.45) is 5.30. The number of rotatable bonds is 8. The molecule has 8 nitrogen and oxygen atoms in total. The molecule has 1 saturated heterocycles. The highest BCUT2D eigenvalue weighted by Crippen LogP contribution is 2.38. The van der Waals surface area contributed by atoms with Crippen LogP contribution in [0.2, 0.25) is 0 Å². The molecule has 5 rings (SSSR count). The second-order valence-electron chi connectivity index (χ2n) is 9.38. The Hall–Kier alpha value is -4.06. The lowest BCUT2D eigenvalue weighted by molar-refractivity contribution is 0.133. The summed E-state index contributed by atoms with van der Waals surface area (Å²) in [7, 11) is 3.80. The Labute approximate surface area is 217 Å². The number of anilines is 2. The highest BCUT2D eigenvalue weighted by Gasteiger charge is 2.17. The van der Waals surface area contributed by atoms with Crippen LogP contribution < -0.4 is 14.8 Å². The topological polar surface area (TPSA) is 89.4 Å². The van der Waals surface area contributed by atoms with Crippen LogP contribution in [0.25, 0.3) is 22.0 Å². The minimum Gasteiger partial charge on any atom is -0.493 e. The Morgan fingerprint density at radius 3 is 2.70 bits per heavy atom. The quantitative estimate of drug-likeness (QED) is 0.363. The Kier molecular flexibility index (Phi) is 7.26. The van der Waals surface area contributed by atoms with Crippen LogP contribution >= 0.6 is 0 Å². The normalized spacial score (nSPS) is 14.4. The number of nitrogens with one attached hydrogen (secondary N) is 2. The van der Waals surface area contributed by atoms with Crippen molar-refractivity contribution < 1.29 is 9.47 Å². The smallest absolute Gasteiger partial charge is 0.161 e. The van der Waals surface area contributed by atoms with Crippen LogP contribution in [0.5, 0.6) is 11.5 Å². The van der Waals surface area contributed by atoms with Crippen molar-refractivity contribution in [3.8, 4) is 28.7 Å². The molecule has 190 valence electrons. The van der Waals surface area contributed by atoms with Crippen molar-refractivity contribution in [2.75, 3.05) is 58.8 Å². The van der Waals surface area contributed by atoms with Gasteiger partial charge in [-0.25, -0.2) is 0 Å². The van der Waals surface area contributed by atoms with E-state index >= 15 is 0 Å². The second kappa shape index (κ2) is 10.9. The fourth-order valence-corrected chi connectivity index (χ4v) is 4.77. The van der Waals surface area contributed by atoms with Crippen LogP contribution in [0, 0.1) is 18.3 Å². The second-order valence-corrected chi connectivity index (χ2v) is 9.38. The number of hydrogen-bond acceptors (Lipinski definition) is 7. The molecule has 0 aliphatic carbocycles. The van der Waals surface area contributed by atoms with Gasteiger partial charge in [0.25, 0.3) is 0 Å². The van der Waals surface area contributed by atoms with Crippen LogP contribution in [0.15, 0.2) is 55.0 Å². The molecule has 1 aliphatic heterocycles. The van der Waals surface area contributed by atoms with E-state index in [0.29, 0.717) is 29.4 Å².